The molecule has 0 spiro atoms. The van der Waals surface area contributed by atoms with Gasteiger partial charge in [-0.2, -0.15) is 0 Å². The molecule has 6 nitrogen and oxygen atoms in total. The number of aromatic nitrogens is 1. The van der Waals surface area contributed by atoms with Crippen LogP contribution in [0.25, 0.3) is 11.3 Å². The molecule has 0 fully saturated rings. The quantitative estimate of drug-likeness (QED) is 0.127. The molecule has 37 heavy (non-hydrogen) atoms. The Hall–Kier alpha value is -3.93. The molecule has 1 N–H and O–H groups in total. The molecular weight excluding hydrogens is 645 g/mol. The third kappa shape index (κ3) is 9.56. The van der Waals surface area contributed by atoms with Crippen LogP contribution < -0.4 is 14.4 Å². The van der Waals surface area contributed by atoms with Crippen molar-refractivity contribution in [2.75, 3.05) is 19.0 Å². The number of allylic oxidation sites excluding steroid dienone is 2. The normalized spacial score (nSPS) is 10.3. The predicted octanol–water partition coefficient (Wildman–Crippen LogP) is 7.23. The Morgan fingerprint density at radius 2 is 1.49 bits per heavy atom. The summed E-state index contributed by atoms with van der Waals surface area (Å²) in [6, 6.07) is 30.3. The monoisotopic (exact) mass is 674 g/mol. The standard InChI is InChI=1S/C25H21N2O2.C5H8O2.Ir/c1-27(2)19-15-16-26-24(17-19)23-14-13-22(28-20-9-5-3-6-10-20)18-25(23)29-21-11-7-4-8-12-21;1-4(6)3-5(2)7;/h3-13,15-18H,1-2H3;3,6H,1-2H3;/q-1;;/b;4-3-;. The number of rotatable bonds is 7. The zero-order chi connectivity index (χ0) is 25.9. The van der Waals surface area contributed by atoms with Crippen LogP contribution in [0.5, 0.6) is 23.0 Å². The van der Waals surface area contributed by atoms with Crippen LogP contribution in [0.2, 0.25) is 0 Å². The number of aliphatic hydroxyl groups is 1. The van der Waals surface area contributed by atoms with E-state index in [-0.39, 0.29) is 31.6 Å². The van der Waals surface area contributed by atoms with Gasteiger partial charge in [0.1, 0.15) is 11.5 Å². The van der Waals surface area contributed by atoms with E-state index in [0.29, 0.717) is 11.5 Å². The van der Waals surface area contributed by atoms with E-state index in [0.717, 1.165) is 28.4 Å². The van der Waals surface area contributed by atoms with Crippen LogP contribution in [0.1, 0.15) is 13.8 Å². The van der Waals surface area contributed by atoms with Gasteiger partial charge in [0.05, 0.1) is 5.76 Å². The molecule has 0 saturated carbocycles. The van der Waals surface area contributed by atoms with Crippen molar-refractivity contribution >= 4 is 11.5 Å². The number of para-hydroxylation sites is 2. The molecule has 7 heteroatoms. The van der Waals surface area contributed by atoms with Gasteiger partial charge in [-0.3, -0.25) is 4.79 Å². The SMILES string of the molecule is CC(=O)/C=C(/C)O.CN(C)c1ccnc(-c2[c-]cc(Oc3ccccc3)cc2Oc2ccccc2)c1.[Ir]. The third-order valence-electron chi connectivity index (χ3n) is 4.76. The largest absolute Gasteiger partial charge is 0.512 e. The minimum absolute atomic E-state index is 0. The second-order valence-electron chi connectivity index (χ2n) is 8.09. The molecule has 0 aliphatic heterocycles. The van der Waals surface area contributed by atoms with Crippen LogP contribution in [0.3, 0.4) is 0 Å². The Labute approximate surface area is 231 Å². The number of nitrogens with zero attached hydrogens (tertiary/aromatic N) is 2. The molecule has 1 radical (unpaired) electrons. The number of anilines is 1. The van der Waals surface area contributed by atoms with Crippen molar-refractivity contribution < 1.29 is 39.5 Å². The number of carbonyl (C=O) groups is 1. The van der Waals surface area contributed by atoms with Crippen molar-refractivity contribution in [1.29, 1.82) is 0 Å². The molecule has 0 amide bonds. The topological polar surface area (TPSA) is 71.9 Å². The van der Waals surface area contributed by atoms with Gasteiger partial charge >= 0.3 is 0 Å². The zero-order valence-corrected chi connectivity index (χ0v) is 23.5. The summed E-state index contributed by atoms with van der Waals surface area (Å²) in [6.45, 7) is 2.85. The molecule has 0 atom stereocenters. The van der Waals surface area contributed by atoms with Gasteiger partial charge in [-0.15, -0.1) is 12.1 Å². The van der Waals surface area contributed by atoms with Gasteiger partial charge < -0.3 is 24.5 Å². The third-order valence-corrected chi connectivity index (χ3v) is 4.76. The molecule has 4 aromatic rings. The second-order valence-corrected chi connectivity index (χ2v) is 8.09. The Bertz CT molecular complexity index is 1310. The van der Waals surface area contributed by atoms with Gasteiger partial charge in [0.25, 0.3) is 0 Å². The van der Waals surface area contributed by atoms with Crippen molar-refractivity contribution in [3.63, 3.8) is 0 Å². The number of benzene rings is 3. The number of ether oxygens (including phenoxy) is 2. The van der Waals surface area contributed by atoms with E-state index in [1.54, 1.807) is 6.20 Å². The maximum absolute atomic E-state index is 10.0. The van der Waals surface area contributed by atoms with Crippen LogP contribution in [-0.4, -0.2) is 30.0 Å². The average molecular weight is 674 g/mol. The first-order valence-electron chi connectivity index (χ1n) is 11.3. The molecule has 4 rings (SSSR count). The minimum Gasteiger partial charge on any atom is -0.512 e. The number of hydrogen-bond donors (Lipinski definition) is 1. The van der Waals surface area contributed by atoms with E-state index >= 15 is 0 Å². The summed E-state index contributed by atoms with van der Waals surface area (Å²) < 4.78 is 12.1. The van der Waals surface area contributed by atoms with Gasteiger partial charge in [0.2, 0.25) is 0 Å². The maximum atomic E-state index is 10.0. The summed E-state index contributed by atoms with van der Waals surface area (Å²) in [6.07, 6.45) is 2.96. The molecular formula is C30H29IrN2O4-. The van der Waals surface area contributed by atoms with E-state index in [1.807, 2.05) is 104 Å². The molecule has 1 heterocycles. The molecule has 0 aliphatic carbocycles. The molecule has 0 saturated heterocycles. The van der Waals surface area contributed by atoms with E-state index in [4.69, 9.17) is 14.6 Å². The van der Waals surface area contributed by atoms with Gasteiger partial charge in [0.15, 0.2) is 5.78 Å². The molecule has 3 aromatic carbocycles. The van der Waals surface area contributed by atoms with Gasteiger partial charge in [-0.05, 0) is 49.9 Å². The van der Waals surface area contributed by atoms with Crippen LogP contribution in [0.15, 0.2) is 103 Å². The number of ketones is 1. The first kappa shape index (κ1) is 29.3. The van der Waals surface area contributed by atoms with Gasteiger partial charge in [-0.1, -0.05) is 54.1 Å². The average Bonchev–Trinajstić information content (AvgIpc) is 2.85. The van der Waals surface area contributed by atoms with Crippen molar-refractivity contribution in [1.82, 2.24) is 4.98 Å². The van der Waals surface area contributed by atoms with Crippen LogP contribution in [0.4, 0.5) is 5.69 Å². The Morgan fingerprint density at radius 1 is 0.892 bits per heavy atom. The smallest absolute Gasteiger partial charge is 0.155 e. The maximum Gasteiger partial charge on any atom is 0.155 e. The van der Waals surface area contributed by atoms with Crippen molar-refractivity contribution in [3.05, 3.63) is 109 Å². The summed E-state index contributed by atoms with van der Waals surface area (Å²) in [7, 11) is 4.00. The predicted molar refractivity (Wildman–Crippen MR) is 143 cm³/mol. The second kappa shape index (κ2) is 14.6. The summed E-state index contributed by atoms with van der Waals surface area (Å²) >= 11 is 0. The Kier molecular flexibility index (Phi) is 11.6. The molecule has 0 aliphatic rings. The van der Waals surface area contributed by atoms with Crippen LogP contribution >= 0.6 is 0 Å². The summed E-state index contributed by atoms with van der Waals surface area (Å²) in [5.41, 5.74) is 2.62. The summed E-state index contributed by atoms with van der Waals surface area (Å²) in [5.74, 6) is 2.71. The molecule has 0 bridgehead atoms. The fourth-order valence-corrected chi connectivity index (χ4v) is 3.17. The van der Waals surface area contributed by atoms with E-state index in [1.165, 1.54) is 19.9 Å². The number of carbonyl (C=O) groups excluding carboxylic acids is 1. The van der Waals surface area contributed by atoms with E-state index in [9.17, 15) is 4.79 Å². The Morgan fingerprint density at radius 3 is 2.00 bits per heavy atom. The van der Waals surface area contributed by atoms with Crippen molar-refractivity contribution in [2.45, 2.75) is 13.8 Å². The zero-order valence-electron chi connectivity index (χ0n) is 21.1. The van der Waals surface area contributed by atoms with E-state index in [2.05, 4.69) is 11.1 Å². The molecule has 0 unspecified atom stereocenters. The Balaban J connectivity index is 0.000000532. The first-order valence-corrected chi connectivity index (χ1v) is 11.3. The van der Waals surface area contributed by atoms with Gasteiger partial charge in [0, 0.05) is 63.7 Å². The number of aliphatic hydroxyl groups excluding tert-OH is 1. The fraction of sp³-hybridized carbons (Fsp3) is 0.133. The molecule has 1 aromatic heterocycles. The summed E-state index contributed by atoms with van der Waals surface area (Å²) in [4.78, 5) is 16.6. The molecule has 193 valence electrons. The first-order chi connectivity index (χ1) is 17.3. The number of pyridine rings is 1. The minimum atomic E-state index is -0.125. The summed E-state index contributed by atoms with van der Waals surface area (Å²) in [5, 5.41) is 8.36. The van der Waals surface area contributed by atoms with Crippen molar-refractivity contribution in [2.24, 2.45) is 0 Å². The number of hydrogen-bond acceptors (Lipinski definition) is 6. The van der Waals surface area contributed by atoms with Crippen LogP contribution in [-0.2, 0) is 24.9 Å². The van der Waals surface area contributed by atoms with Gasteiger partial charge in [-0.25, -0.2) is 0 Å². The fourth-order valence-electron chi connectivity index (χ4n) is 3.17. The van der Waals surface area contributed by atoms with Crippen LogP contribution in [0, 0.1) is 6.07 Å². The van der Waals surface area contributed by atoms with E-state index < -0.39 is 0 Å². The van der Waals surface area contributed by atoms with Crippen molar-refractivity contribution in [3.8, 4) is 34.3 Å².